The summed E-state index contributed by atoms with van der Waals surface area (Å²) in [7, 11) is 1.46. The van der Waals surface area contributed by atoms with Gasteiger partial charge >= 0.3 is 5.97 Å². The molecule has 2 heteroatoms. The van der Waals surface area contributed by atoms with Gasteiger partial charge < -0.3 is 4.74 Å². The van der Waals surface area contributed by atoms with Crippen LogP contribution in [-0.4, -0.2) is 13.1 Å². The normalized spacial score (nSPS) is 15.1. The van der Waals surface area contributed by atoms with Gasteiger partial charge in [-0.2, -0.15) is 0 Å². The predicted octanol–water partition coefficient (Wildman–Crippen LogP) is 2.19. The molecule has 0 heterocycles. The average Bonchev–Trinajstić information content (AvgIpc) is 2.60. The molecule has 15 heavy (non-hydrogen) atoms. The van der Waals surface area contributed by atoms with Crippen molar-refractivity contribution in [3.63, 3.8) is 0 Å². The first-order valence-corrected chi connectivity index (χ1v) is 5.28. The maximum Gasteiger partial charge on any atom is 0.309 e. The van der Waals surface area contributed by atoms with Crippen LogP contribution in [0.5, 0.6) is 0 Å². The highest BCUT2D eigenvalue weighted by Crippen LogP contribution is 2.29. The number of esters is 1. The summed E-state index contributed by atoms with van der Waals surface area (Å²) >= 11 is 0. The largest absolute Gasteiger partial charge is 0.469 e. The molecule has 0 fully saturated rings. The van der Waals surface area contributed by atoms with Gasteiger partial charge in [0.1, 0.15) is 0 Å². The Kier molecular flexibility index (Phi) is 2.51. The zero-order valence-electron chi connectivity index (χ0n) is 9.46. The Hall–Kier alpha value is -1.31. The van der Waals surface area contributed by atoms with Crippen LogP contribution in [0.15, 0.2) is 12.1 Å². The third-order valence-corrected chi connectivity index (χ3v) is 3.28. The molecule has 0 atom stereocenters. The lowest BCUT2D eigenvalue weighted by Crippen LogP contribution is -2.15. The highest BCUT2D eigenvalue weighted by Gasteiger charge is 2.28. The Labute approximate surface area is 90.3 Å². The number of carbonyl (C=O) groups excluding carboxylic acids is 1. The molecule has 0 unspecified atom stereocenters. The van der Waals surface area contributed by atoms with Gasteiger partial charge in [-0.1, -0.05) is 12.1 Å². The zero-order valence-corrected chi connectivity index (χ0v) is 9.46. The molecule has 0 bridgehead atoms. The number of hydrogen-bond acceptors (Lipinski definition) is 2. The Balaban J connectivity index is 2.27. The van der Waals surface area contributed by atoms with Crippen molar-refractivity contribution < 1.29 is 9.53 Å². The summed E-state index contributed by atoms with van der Waals surface area (Å²) < 4.78 is 4.79. The first-order valence-electron chi connectivity index (χ1n) is 5.28. The van der Waals surface area contributed by atoms with E-state index in [0.29, 0.717) is 0 Å². The Morgan fingerprint density at radius 3 is 2.07 bits per heavy atom. The molecule has 1 aromatic rings. The van der Waals surface area contributed by atoms with Gasteiger partial charge in [0.25, 0.3) is 0 Å². The van der Waals surface area contributed by atoms with Gasteiger partial charge in [-0.05, 0) is 48.9 Å². The lowest BCUT2D eigenvalue weighted by atomic mass is 10.0. The highest BCUT2D eigenvalue weighted by molar-refractivity contribution is 5.74. The van der Waals surface area contributed by atoms with Crippen molar-refractivity contribution in [2.75, 3.05) is 7.11 Å². The first-order chi connectivity index (χ1) is 7.11. The monoisotopic (exact) mass is 204 g/mol. The molecular formula is C13H16O2. The molecule has 1 aliphatic rings. The maximum atomic E-state index is 11.4. The van der Waals surface area contributed by atoms with Gasteiger partial charge in [0.15, 0.2) is 0 Å². The number of aryl methyl sites for hydroxylation is 2. The molecule has 0 aromatic heterocycles. The van der Waals surface area contributed by atoms with Crippen molar-refractivity contribution in [2.45, 2.75) is 26.7 Å². The van der Waals surface area contributed by atoms with E-state index >= 15 is 0 Å². The topological polar surface area (TPSA) is 26.3 Å². The second kappa shape index (κ2) is 3.69. The quantitative estimate of drug-likeness (QED) is 0.655. The van der Waals surface area contributed by atoms with E-state index in [0.717, 1.165) is 12.8 Å². The van der Waals surface area contributed by atoms with Crippen LogP contribution >= 0.6 is 0 Å². The molecule has 0 N–H and O–H groups in total. The molecule has 0 spiro atoms. The number of methoxy groups -OCH3 is 1. The van der Waals surface area contributed by atoms with Gasteiger partial charge in [0, 0.05) is 0 Å². The van der Waals surface area contributed by atoms with E-state index in [4.69, 9.17) is 4.74 Å². The van der Waals surface area contributed by atoms with E-state index < -0.39 is 0 Å². The SMILES string of the molecule is COC(=O)C1Cc2cc(C)c(C)cc2C1. The molecule has 0 amide bonds. The lowest BCUT2D eigenvalue weighted by Gasteiger charge is -2.04. The molecule has 0 aliphatic heterocycles. The number of fused-ring (bicyclic) bond motifs is 1. The number of ether oxygens (including phenoxy) is 1. The van der Waals surface area contributed by atoms with Gasteiger partial charge in [0.2, 0.25) is 0 Å². The van der Waals surface area contributed by atoms with Gasteiger partial charge in [-0.25, -0.2) is 0 Å². The molecule has 80 valence electrons. The van der Waals surface area contributed by atoms with E-state index in [2.05, 4.69) is 26.0 Å². The smallest absolute Gasteiger partial charge is 0.309 e. The van der Waals surface area contributed by atoms with Crippen LogP contribution in [0.3, 0.4) is 0 Å². The van der Waals surface area contributed by atoms with Crippen LogP contribution in [0.2, 0.25) is 0 Å². The minimum absolute atomic E-state index is 0.0335. The number of rotatable bonds is 1. The van der Waals surface area contributed by atoms with Crippen LogP contribution in [0, 0.1) is 19.8 Å². The van der Waals surface area contributed by atoms with Gasteiger partial charge in [-0.3, -0.25) is 4.79 Å². The Morgan fingerprint density at radius 2 is 1.67 bits per heavy atom. The van der Waals surface area contributed by atoms with Crippen molar-refractivity contribution in [3.05, 3.63) is 34.4 Å². The molecule has 2 rings (SSSR count). The van der Waals surface area contributed by atoms with E-state index in [9.17, 15) is 4.79 Å². The Morgan fingerprint density at radius 1 is 1.20 bits per heavy atom. The van der Waals surface area contributed by atoms with Crippen LogP contribution in [0.1, 0.15) is 22.3 Å². The van der Waals surface area contributed by atoms with E-state index in [1.54, 1.807) is 0 Å². The number of hydrogen-bond donors (Lipinski definition) is 0. The van der Waals surface area contributed by atoms with E-state index in [1.807, 2.05) is 0 Å². The van der Waals surface area contributed by atoms with E-state index in [1.165, 1.54) is 29.4 Å². The second-order valence-electron chi connectivity index (χ2n) is 4.33. The minimum Gasteiger partial charge on any atom is -0.469 e. The van der Waals surface area contributed by atoms with Crippen molar-refractivity contribution in [3.8, 4) is 0 Å². The van der Waals surface area contributed by atoms with Crippen molar-refractivity contribution in [2.24, 2.45) is 5.92 Å². The zero-order chi connectivity index (χ0) is 11.0. The molecule has 0 saturated heterocycles. The van der Waals surface area contributed by atoms with Crippen molar-refractivity contribution in [1.29, 1.82) is 0 Å². The standard InChI is InChI=1S/C13H16O2/c1-8-4-10-6-12(13(14)15-3)7-11(10)5-9(8)2/h4-5,12H,6-7H2,1-3H3. The van der Waals surface area contributed by atoms with E-state index in [-0.39, 0.29) is 11.9 Å². The molecule has 1 aliphatic carbocycles. The summed E-state index contributed by atoms with van der Waals surface area (Å²) in [4.78, 5) is 11.4. The molecule has 0 radical (unpaired) electrons. The first kappa shape index (κ1) is 10.2. The summed E-state index contributed by atoms with van der Waals surface area (Å²) in [6.07, 6.45) is 1.67. The summed E-state index contributed by atoms with van der Waals surface area (Å²) in [5.74, 6) is -0.0484. The van der Waals surface area contributed by atoms with Gasteiger partial charge in [0.05, 0.1) is 13.0 Å². The average molecular weight is 204 g/mol. The fourth-order valence-corrected chi connectivity index (χ4v) is 2.25. The van der Waals surface area contributed by atoms with Crippen molar-refractivity contribution >= 4 is 5.97 Å². The maximum absolute atomic E-state index is 11.4. The van der Waals surface area contributed by atoms with Crippen LogP contribution in [0.4, 0.5) is 0 Å². The summed E-state index contributed by atoms with van der Waals surface area (Å²) in [5.41, 5.74) is 5.24. The Bertz CT molecular complexity index is 376. The van der Waals surface area contributed by atoms with Crippen molar-refractivity contribution in [1.82, 2.24) is 0 Å². The number of benzene rings is 1. The van der Waals surface area contributed by atoms with Gasteiger partial charge in [-0.15, -0.1) is 0 Å². The summed E-state index contributed by atoms with van der Waals surface area (Å²) in [6, 6.07) is 4.40. The minimum atomic E-state index is -0.0819. The van der Waals surface area contributed by atoms with Crippen LogP contribution in [0.25, 0.3) is 0 Å². The van der Waals surface area contributed by atoms with Crippen LogP contribution in [-0.2, 0) is 22.4 Å². The molecular weight excluding hydrogens is 188 g/mol. The molecule has 0 saturated carbocycles. The number of carbonyl (C=O) groups is 1. The fourth-order valence-electron chi connectivity index (χ4n) is 2.25. The second-order valence-corrected chi connectivity index (χ2v) is 4.33. The third-order valence-electron chi connectivity index (χ3n) is 3.28. The summed E-state index contributed by atoms with van der Waals surface area (Å²) in [5, 5.41) is 0. The fraction of sp³-hybridized carbons (Fsp3) is 0.462. The highest BCUT2D eigenvalue weighted by atomic mass is 16.5. The third kappa shape index (κ3) is 1.76. The van der Waals surface area contributed by atoms with Crippen LogP contribution < -0.4 is 0 Å². The molecule has 1 aromatic carbocycles. The summed E-state index contributed by atoms with van der Waals surface area (Å²) in [6.45, 7) is 4.22. The lowest BCUT2D eigenvalue weighted by molar-refractivity contribution is -0.145. The predicted molar refractivity (Wildman–Crippen MR) is 58.8 cm³/mol. The molecule has 2 nitrogen and oxygen atoms in total.